The fraction of sp³-hybridized carbons (Fsp3) is 0.778. The third-order valence-electron chi connectivity index (χ3n) is 2.04. The smallest absolute Gasteiger partial charge is 0.138 e. The van der Waals surface area contributed by atoms with Gasteiger partial charge in [0.1, 0.15) is 12.2 Å². The highest BCUT2D eigenvalue weighted by Gasteiger charge is 2.14. The second-order valence-corrected chi connectivity index (χ2v) is 3.00. The van der Waals surface area contributed by atoms with Crippen molar-refractivity contribution < 1.29 is 0 Å². The molecule has 3 heteroatoms. The van der Waals surface area contributed by atoms with E-state index in [0.717, 1.165) is 24.7 Å². The molecule has 0 aromatic carbocycles. The molecule has 1 aliphatic heterocycles. The largest absolute Gasteiger partial charge is 0.250 e. The van der Waals surface area contributed by atoms with Crippen LogP contribution in [-0.4, -0.2) is 14.8 Å². The molecule has 1 aromatic rings. The Kier molecular flexibility index (Phi) is 3.26. The van der Waals surface area contributed by atoms with E-state index in [9.17, 15) is 0 Å². The van der Waals surface area contributed by atoms with E-state index in [1.807, 2.05) is 18.5 Å². The summed E-state index contributed by atoms with van der Waals surface area (Å²) < 4.78 is 2.01. The lowest BCUT2D eigenvalue weighted by Crippen LogP contribution is -2.18. The zero-order valence-electron chi connectivity index (χ0n) is 8.12. The van der Waals surface area contributed by atoms with Crippen LogP contribution in [0.4, 0.5) is 0 Å². The molecular weight excluding hydrogens is 150 g/mol. The Morgan fingerprint density at radius 2 is 2.25 bits per heavy atom. The molecule has 0 aliphatic carbocycles. The third-order valence-corrected chi connectivity index (χ3v) is 2.04. The van der Waals surface area contributed by atoms with Crippen molar-refractivity contribution in [3.8, 4) is 0 Å². The van der Waals surface area contributed by atoms with Gasteiger partial charge in [-0.15, -0.1) is 0 Å². The lowest BCUT2D eigenvalue weighted by molar-refractivity contribution is 0.368. The first-order valence-corrected chi connectivity index (χ1v) is 4.73. The maximum atomic E-state index is 4.14. The van der Waals surface area contributed by atoms with Crippen LogP contribution in [0.3, 0.4) is 0 Å². The maximum Gasteiger partial charge on any atom is 0.138 e. The van der Waals surface area contributed by atoms with Crippen LogP contribution in [0.2, 0.25) is 0 Å². The second-order valence-electron chi connectivity index (χ2n) is 3.00. The number of fused-ring (bicyclic) bond motifs is 1. The van der Waals surface area contributed by atoms with Crippen molar-refractivity contribution in [2.45, 2.75) is 40.2 Å². The molecular formula is C9H17N3. The van der Waals surface area contributed by atoms with Crippen LogP contribution >= 0.6 is 0 Å². The van der Waals surface area contributed by atoms with Crippen LogP contribution < -0.4 is 0 Å². The molecule has 0 spiro atoms. The van der Waals surface area contributed by atoms with Crippen molar-refractivity contribution >= 4 is 0 Å². The standard InChI is InChI=1S/C7H11N3.C2H6/c1-6-2-3-7-8-5-9-10(7)4-6;1-2/h5-6H,2-4H2,1H3;1-2H3. The van der Waals surface area contributed by atoms with Crippen molar-refractivity contribution in [3.63, 3.8) is 0 Å². The zero-order chi connectivity index (χ0) is 8.97. The summed E-state index contributed by atoms with van der Waals surface area (Å²) in [5.41, 5.74) is 0. The van der Waals surface area contributed by atoms with E-state index in [1.54, 1.807) is 6.33 Å². The molecule has 3 nitrogen and oxygen atoms in total. The van der Waals surface area contributed by atoms with Gasteiger partial charge in [0.05, 0.1) is 0 Å². The number of aryl methyl sites for hydroxylation is 1. The van der Waals surface area contributed by atoms with Crippen LogP contribution in [-0.2, 0) is 13.0 Å². The van der Waals surface area contributed by atoms with Crippen LogP contribution in [0.5, 0.6) is 0 Å². The lowest BCUT2D eigenvalue weighted by Gasteiger charge is -2.17. The average Bonchev–Trinajstić information content (AvgIpc) is 2.54. The Hall–Kier alpha value is -0.860. The van der Waals surface area contributed by atoms with Gasteiger partial charge in [-0.05, 0) is 12.3 Å². The average molecular weight is 167 g/mol. The van der Waals surface area contributed by atoms with Gasteiger partial charge in [0.2, 0.25) is 0 Å². The Labute approximate surface area is 73.8 Å². The van der Waals surface area contributed by atoms with E-state index in [1.165, 1.54) is 6.42 Å². The summed E-state index contributed by atoms with van der Waals surface area (Å²) in [7, 11) is 0. The van der Waals surface area contributed by atoms with Gasteiger partial charge in [-0.3, -0.25) is 0 Å². The predicted octanol–water partition coefficient (Wildman–Crippen LogP) is 1.89. The van der Waals surface area contributed by atoms with E-state index in [-0.39, 0.29) is 0 Å². The van der Waals surface area contributed by atoms with Crippen LogP contribution in [0.15, 0.2) is 6.33 Å². The summed E-state index contributed by atoms with van der Waals surface area (Å²) in [6.07, 6.45) is 4.01. The molecule has 1 aromatic heterocycles. The highest BCUT2D eigenvalue weighted by molar-refractivity contribution is 4.88. The fourth-order valence-electron chi connectivity index (χ4n) is 1.40. The summed E-state index contributed by atoms with van der Waals surface area (Å²) in [5, 5.41) is 4.11. The number of hydrogen-bond acceptors (Lipinski definition) is 2. The van der Waals surface area contributed by atoms with E-state index in [2.05, 4.69) is 17.0 Å². The summed E-state index contributed by atoms with van der Waals surface area (Å²) in [6, 6.07) is 0. The molecule has 2 heterocycles. The molecule has 0 N–H and O–H groups in total. The van der Waals surface area contributed by atoms with Crippen LogP contribution in [0.1, 0.15) is 33.0 Å². The molecule has 0 radical (unpaired) electrons. The highest BCUT2D eigenvalue weighted by atomic mass is 15.3. The second kappa shape index (κ2) is 4.24. The number of nitrogens with zero attached hydrogens (tertiary/aromatic N) is 3. The van der Waals surface area contributed by atoms with Crippen molar-refractivity contribution in [2.75, 3.05) is 0 Å². The molecule has 68 valence electrons. The number of rotatable bonds is 0. The third kappa shape index (κ3) is 1.84. The molecule has 0 fully saturated rings. The first-order valence-electron chi connectivity index (χ1n) is 4.73. The molecule has 0 amide bonds. The Morgan fingerprint density at radius 3 is 3.00 bits per heavy atom. The highest BCUT2D eigenvalue weighted by Crippen LogP contribution is 2.15. The van der Waals surface area contributed by atoms with Crippen molar-refractivity contribution in [1.29, 1.82) is 0 Å². The van der Waals surface area contributed by atoms with E-state index >= 15 is 0 Å². The van der Waals surface area contributed by atoms with Gasteiger partial charge in [-0.2, -0.15) is 5.10 Å². The topological polar surface area (TPSA) is 30.7 Å². The molecule has 0 saturated heterocycles. The summed E-state index contributed by atoms with van der Waals surface area (Å²) in [5.74, 6) is 1.92. The zero-order valence-corrected chi connectivity index (χ0v) is 8.12. The lowest BCUT2D eigenvalue weighted by atomic mass is 10.0. The van der Waals surface area contributed by atoms with Gasteiger partial charge >= 0.3 is 0 Å². The Balaban J connectivity index is 0.000000336. The minimum atomic E-state index is 0.772. The van der Waals surface area contributed by atoms with Gasteiger partial charge in [0.15, 0.2) is 0 Å². The minimum Gasteiger partial charge on any atom is -0.250 e. The summed E-state index contributed by atoms with van der Waals surface area (Å²) in [6.45, 7) is 7.31. The SMILES string of the molecule is CC.CC1CCc2ncnn2C1. The van der Waals surface area contributed by atoms with Gasteiger partial charge in [0, 0.05) is 13.0 Å². The summed E-state index contributed by atoms with van der Waals surface area (Å²) in [4.78, 5) is 4.14. The molecule has 2 rings (SSSR count). The minimum absolute atomic E-state index is 0.772. The molecule has 1 unspecified atom stereocenters. The van der Waals surface area contributed by atoms with E-state index in [4.69, 9.17) is 0 Å². The molecule has 0 saturated carbocycles. The monoisotopic (exact) mass is 167 g/mol. The fourth-order valence-corrected chi connectivity index (χ4v) is 1.40. The number of hydrogen-bond donors (Lipinski definition) is 0. The van der Waals surface area contributed by atoms with Crippen molar-refractivity contribution in [3.05, 3.63) is 12.2 Å². The predicted molar refractivity (Wildman–Crippen MR) is 48.9 cm³/mol. The molecule has 12 heavy (non-hydrogen) atoms. The Morgan fingerprint density at radius 1 is 1.50 bits per heavy atom. The van der Waals surface area contributed by atoms with Gasteiger partial charge in [0.25, 0.3) is 0 Å². The molecule has 0 bridgehead atoms. The van der Waals surface area contributed by atoms with E-state index in [0.29, 0.717) is 0 Å². The van der Waals surface area contributed by atoms with Crippen LogP contribution in [0.25, 0.3) is 0 Å². The Bertz CT molecular complexity index is 229. The maximum absolute atomic E-state index is 4.14. The first kappa shape index (κ1) is 9.23. The normalized spacial score (nSPS) is 20.8. The molecule has 1 aliphatic rings. The van der Waals surface area contributed by atoms with Gasteiger partial charge in [-0.25, -0.2) is 9.67 Å². The summed E-state index contributed by atoms with van der Waals surface area (Å²) >= 11 is 0. The van der Waals surface area contributed by atoms with Gasteiger partial charge < -0.3 is 0 Å². The number of aromatic nitrogens is 3. The molecule has 1 atom stereocenters. The van der Waals surface area contributed by atoms with Crippen LogP contribution in [0, 0.1) is 5.92 Å². The first-order chi connectivity index (χ1) is 5.86. The van der Waals surface area contributed by atoms with E-state index < -0.39 is 0 Å². The van der Waals surface area contributed by atoms with Crippen molar-refractivity contribution in [1.82, 2.24) is 14.8 Å². The van der Waals surface area contributed by atoms with Gasteiger partial charge in [-0.1, -0.05) is 20.8 Å². The van der Waals surface area contributed by atoms with Crippen molar-refractivity contribution in [2.24, 2.45) is 5.92 Å². The quantitative estimate of drug-likeness (QED) is 0.590.